The first-order valence-electron chi connectivity index (χ1n) is 8.30. The van der Waals surface area contributed by atoms with E-state index in [1.54, 1.807) is 6.08 Å². The van der Waals surface area contributed by atoms with Crippen molar-refractivity contribution in [3.63, 3.8) is 0 Å². The second-order valence-electron chi connectivity index (χ2n) is 6.42. The predicted molar refractivity (Wildman–Crippen MR) is 98.9 cm³/mol. The monoisotopic (exact) mass is 345 g/mol. The van der Waals surface area contributed by atoms with Gasteiger partial charge >= 0.3 is 0 Å². The number of thioether (sulfide) groups is 1. The van der Waals surface area contributed by atoms with E-state index in [0.717, 1.165) is 48.9 Å². The van der Waals surface area contributed by atoms with Crippen molar-refractivity contribution in [3.05, 3.63) is 34.7 Å². The highest BCUT2D eigenvalue weighted by atomic mass is 32.2. The molecule has 2 amide bonds. The summed E-state index contributed by atoms with van der Waals surface area (Å²) in [5.74, 6) is -0.174. The zero-order chi connectivity index (χ0) is 17.1. The van der Waals surface area contributed by atoms with Gasteiger partial charge < -0.3 is 4.90 Å². The molecule has 128 valence electrons. The van der Waals surface area contributed by atoms with E-state index in [9.17, 15) is 9.59 Å². The maximum atomic E-state index is 12.6. The summed E-state index contributed by atoms with van der Waals surface area (Å²) in [7, 11) is 3.97. The standard InChI is InChI=1S/C18H23N3O2S/c1-19(2)15-8-6-14(7-9-15)12-16-17(22)21(18(23)24-16)13-20-10-4-3-5-11-20/h6-9,12H,3-5,10-11,13H2,1-2H3/b16-12+. The van der Waals surface area contributed by atoms with Crippen LogP contribution in [0.15, 0.2) is 29.2 Å². The fourth-order valence-corrected chi connectivity index (χ4v) is 3.77. The summed E-state index contributed by atoms with van der Waals surface area (Å²) < 4.78 is 0. The molecule has 6 heteroatoms. The van der Waals surface area contributed by atoms with E-state index >= 15 is 0 Å². The van der Waals surface area contributed by atoms with E-state index in [2.05, 4.69) is 4.90 Å². The molecular formula is C18H23N3O2S. The third-order valence-corrected chi connectivity index (χ3v) is 5.28. The Morgan fingerprint density at radius 1 is 1.08 bits per heavy atom. The van der Waals surface area contributed by atoms with Gasteiger partial charge in [-0.15, -0.1) is 0 Å². The molecule has 2 aliphatic rings. The molecule has 0 radical (unpaired) electrons. The first-order chi connectivity index (χ1) is 11.5. The molecule has 2 heterocycles. The van der Waals surface area contributed by atoms with E-state index in [1.165, 1.54) is 11.3 Å². The van der Waals surface area contributed by atoms with Gasteiger partial charge in [-0.1, -0.05) is 18.6 Å². The van der Waals surface area contributed by atoms with Crippen LogP contribution in [0, 0.1) is 0 Å². The summed E-state index contributed by atoms with van der Waals surface area (Å²) in [4.78, 5) is 30.8. The van der Waals surface area contributed by atoms with E-state index in [-0.39, 0.29) is 11.1 Å². The molecule has 5 nitrogen and oxygen atoms in total. The van der Waals surface area contributed by atoms with Gasteiger partial charge in [-0.25, -0.2) is 0 Å². The highest BCUT2D eigenvalue weighted by Gasteiger charge is 2.36. The Hall–Kier alpha value is -1.79. The van der Waals surface area contributed by atoms with Crippen molar-refractivity contribution in [1.82, 2.24) is 9.80 Å². The fourth-order valence-electron chi connectivity index (χ4n) is 2.94. The van der Waals surface area contributed by atoms with Crippen LogP contribution in [0.25, 0.3) is 6.08 Å². The maximum Gasteiger partial charge on any atom is 0.294 e. The summed E-state index contributed by atoms with van der Waals surface area (Å²) >= 11 is 1.04. The van der Waals surface area contributed by atoms with E-state index in [0.29, 0.717) is 11.6 Å². The quantitative estimate of drug-likeness (QED) is 0.784. The molecule has 3 rings (SSSR count). The fraction of sp³-hybridized carbons (Fsp3) is 0.444. The number of amides is 2. The molecule has 2 aliphatic heterocycles. The Kier molecular flexibility index (Phi) is 5.26. The van der Waals surface area contributed by atoms with Gasteiger partial charge in [0, 0.05) is 19.8 Å². The summed E-state index contributed by atoms with van der Waals surface area (Å²) in [5, 5.41) is -0.165. The largest absolute Gasteiger partial charge is 0.378 e. The average Bonchev–Trinajstić information content (AvgIpc) is 2.84. The van der Waals surface area contributed by atoms with Crippen LogP contribution in [0.3, 0.4) is 0 Å². The van der Waals surface area contributed by atoms with Gasteiger partial charge in [0.2, 0.25) is 0 Å². The third kappa shape index (κ3) is 3.82. The average molecular weight is 345 g/mol. The van der Waals surface area contributed by atoms with Crippen LogP contribution in [0.5, 0.6) is 0 Å². The number of likely N-dealkylation sites (tertiary alicyclic amines) is 1. The zero-order valence-electron chi connectivity index (χ0n) is 14.2. The zero-order valence-corrected chi connectivity index (χ0v) is 15.0. The second-order valence-corrected chi connectivity index (χ2v) is 7.41. The number of anilines is 1. The lowest BCUT2D eigenvalue weighted by Crippen LogP contribution is -2.42. The minimum Gasteiger partial charge on any atom is -0.378 e. The SMILES string of the molecule is CN(C)c1ccc(/C=C2/SC(=O)N(CN3CCCCC3)C2=O)cc1. The number of nitrogens with zero attached hydrogens (tertiary/aromatic N) is 3. The Balaban J connectivity index is 1.70. The number of carbonyl (C=O) groups is 2. The van der Waals surface area contributed by atoms with Crippen molar-refractivity contribution in [2.75, 3.05) is 38.8 Å². The van der Waals surface area contributed by atoms with Crippen LogP contribution in [-0.4, -0.2) is 54.8 Å². The molecule has 1 aromatic carbocycles. The van der Waals surface area contributed by atoms with Gasteiger partial charge in [0.25, 0.3) is 11.1 Å². The summed E-state index contributed by atoms with van der Waals surface area (Å²) in [6.07, 6.45) is 5.33. The number of piperidine rings is 1. The third-order valence-electron chi connectivity index (χ3n) is 4.37. The number of carbonyl (C=O) groups excluding carboxylic acids is 2. The Labute approximate surface area is 147 Å². The molecule has 0 N–H and O–H groups in total. The number of hydrogen-bond donors (Lipinski definition) is 0. The van der Waals surface area contributed by atoms with E-state index in [1.807, 2.05) is 43.3 Å². The van der Waals surface area contributed by atoms with Crippen molar-refractivity contribution in [1.29, 1.82) is 0 Å². The van der Waals surface area contributed by atoms with Crippen LogP contribution in [0.1, 0.15) is 24.8 Å². The first kappa shape index (κ1) is 17.0. The number of rotatable bonds is 4. The van der Waals surface area contributed by atoms with Crippen molar-refractivity contribution in [2.45, 2.75) is 19.3 Å². The smallest absolute Gasteiger partial charge is 0.294 e. The molecule has 1 aromatic rings. The van der Waals surface area contributed by atoms with E-state index < -0.39 is 0 Å². The minimum absolute atomic E-state index is 0.165. The number of hydrogen-bond acceptors (Lipinski definition) is 5. The lowest BCUT2D eigenvalue weighted by molar-refractivity contribution is -0.124. The normalized spacial score (nSPS) is 20.9. The van der Waals surface area contributed by atoms with Gasteiger partial charge in [0.1, 0.15) is 0 Å². The van der Waals surface area contributed by atoms with Gasteiger partial charge in [0.05, 0.1) is 11.6 Å². The van der Waals surface area contributed by atoms with Crippen molar-refractivity contribution in [3.8, 4) is 0 Å². The van der Waals surface area contributed by atoms with Crippen LogP contribution >= 0.6 is 11.8 Å². The molecule has 2 fully saturated rings. The van der Waals surface area contributed by atoms with Crippen LogP contribution in [0.2, 0.25) is 0 Å². The van der Waals surface area contributed by atoms with Crippen LogP contribution in [-0.2, 0) is 4.79 Å². The predicted octanol–water partition coefficient (Wildman–Crippen LogP) is 3.23. The van der Waals surface area contributed by atoms with Crippen molar-refractivity contribution >= 4 is 34.7 Å². The summed E-state index contributed by atoms with van der Waals surface area (Å²) in [6, 6.07) is 7.94. The summed E-state index contributed by atoms with van der Waals surface area (Å²) in [6.45, 7) is 2.35. The maximum absolute atomic E-state index is 12.6. The van der Waals surface area contributed by atoms with E-state index in [4.69, 9.17) is 0 Å². The minimum atomic E-state index is -0.174. The second kappa shape index (κ2) is 7.40. The Morgan fingerprint density at radius 3 is 2.38 bits per heavy atom. The van der Waals surface area contributed by atoms with Gasteiger partial charge in [0.15, 0.2) is 0 Å². The molecular weight excluding hydrogens is 322 g/mol. The highest BCUT2D eigenvalue weighted by molar-refractivity contribution is 8.18. The lowest BCUT2D eigenvalue weighted by atomic mass is 10.1. The van der Waals surface area contributed by atoms with Gasteiger partial charge in [-0.3, -0.25) is 19.4 Å². The molecule has 0 aliphatic carbocycles. The first-order valence-corrected chi connectivity index (χ1v) is 9.11. The van der Waals surface area contributed by atoms with Crippen LogP contribution in [0.4, 0.5) is 10.5 Å². The van der Waals surface area contributed by atoms with Crippen LogP contribution < -0.4 is 4.90 Å². The number of benzene rings is 1. The molecule has 0 aromatic heterocycles. The van der Waals surface area contributed by atoms with Gasteiger partial charge in [-0.2, -0.15) is 0 Å². The molecule has 0 saturated carbocycles. The molecule has 0 unspecified atom stereocenters. The van der Waals surface area contributed by atoms with Crippen molar-refractivity contribution in [2.24, 2.45) is 0 Å². The molecule has 0 spiro atoms. The molecule has 0 bridgehead atoms. The summed E-state index contributed by atoms with van der Waals surface area (Å²) in [5.41, 5.74) is 2.04. The topological polar surface area (TPSA) is 43.9 Å². The molecule has 0 atom stereocenters. The molecule has 2 saturated heterocycles. The Bertz CT molecular complexity index is 649. The Morgan fingerprint density at radius 2 is 1.75 bits per heavy atom. The lowest BCUT2D eigenvalue weighted by Gasteiger charge is -2.29. The number of imide groups is 1. The van der Waals surface area contributed by atoms with Crippen molar-refractivity contribution < 1.29 is 9.59 Å². The van der Waals surface area contributed by atoms with Gasteiger partial charge in [-0.05, 0) is 61.5 Å². The molecule has 24 heavy (non-hydrogen) atoms. The highest BCUT2D eigenvalue weighted by Crippen LogP contribution is 2.32.